The molecule has 0 aliphatic heterocycles. The topological polar surface area (TPSA) is 130 Å². The molecule has 1 rings (SSSR count). The molecular weight excluding hydrogens is 212 g/mol. The molecule has 0 unspecified atom stereocenters. The zero-order chi connectivity index (χ0) is 12.3. The molecule has 0 bridgehead atoms. The van der Waals surface area contributed by atoms with Gasteiger partial charge in [-0.1, -0.05) is 6.07 Å². The molecule has 0 aliphatic rings. The van der Waals surface area contributed by atoms with Crippen LogP contribution in [0.1, 0.15) is 15.9 Å². The second-order valence-corrected chi connectivity index (χ2v) is 3.48. The number of aliphatic hydroxyl groups excluding tert-OH is 1. The maximum Gasteiger partial charge on any atom is 0.252 e. The molecule has 1 aromatic rings. The lowest BCUT2D eigenvalue weighted by molar-refractivity contribution is 0.0996. The predicted octanol–water partition coefficient (Wildman–Crippen LogP) is -0.941. The SMILES string of the molecule is NC(=O)c1c(C[C@H](N)CO)ccc(O)c1O. The first-order chi connectivity index (χ1) is 7.47. The lowest BCUT2D eigenvalue weighted by Crippen LogP contribution is -2.28. The summed E-state index contributed by atoms with van der Waals surface area (Å²) in [4.78, 5) is 11.1. The second-order valence-electron chi connectivity index (χ2n) is 3.48. The summed E-state index contributed by atoms with van der Waals surface area (Å²) < 4.78 is 0. The molecule has 0 saturated heterocycles. The Morgan fingerprint density at radius 3 is 2.50 bits per heavy atom. The Morgan fingerprint density at radius 1 is 1.38 bits per heavy atom. The lowest BCUT2D eigenvalue weighted by atomic mass is 9.99. The minimum atomic E-state index is -0.853. The summed E-state index contributed by atoms with van der Waals surface area (Å²) in [5.41, 5.74) is 10.8. The summed E-state index contributed by atoms with van der Waals surface area (Å²) in [6, 6.07) is 2.12. The number of primary amides is 1. The van der Waals surface area contributed by atoms with E-state index >= 15 is 0 Å². The van der Waals surface area contributed by atoms with Crippen LogP contribution in [0.3, 0.4) is 0 Å². The van der Waals surface area contributed by atoms with E-state index in [-0.39, 0.29) is 18.6 Å². The van der Waals surface area contributed by atoms with Crippen molar-refractivity contribution in [3.63, 3.8) is 0 Å². The van der Waals surface area contributed by atoms with Crippen LogP contribution in [-0.4, -0.2) is 33.9 Å². The zero-order valence-corrected chi connectivity index (χ0v) is 8.55. The number of benzene rings is 1. The van der Waals surface area contributed by atoms with E-state index in [9.17, 15) is 15.0 Å². The number of hydrogen-bond acceptors (Lipinski definition) is 5. The number of rotatable bonds is 4. The summed E-state index contributed by atoms with van der Waals surface area (Å²) in [6.07, 6.45) is 0.183. The van der Waals surface area contributed by atoms with Gasteiger partial charge >= 0.3 is 0 Å². The Labute approximate surface area is 92.1 Å². The number of aromatic hydroxyl groups is 2. The Kier molecular flexibility index (Phi) is 3.70. The summed E-state index contributed by atoms with van der Waals surface area (Å²) in [5, 5.41) is 27.5. The largest absolute Gasteiger partial charge is 0.504 e. The van der Waals surface area contributed by atoms with E-state index in [1.54, 1.807) is 0 Å². The van der Waals surface area contributed by atoms with Crippen LogP contribution in [0.2, 0.25) is 0 Å². The average Bonchev–Trinajstić information content (AvgIpc) is 2.23. The zero-order valence-electron chi connectivity index (χ0n) is 8.55. The summed E-state index contributed by atoms with van der Waals surface area (Å²) >= 11 is 0. The van der Waals surface area contributed by atoms with Gasteiger partial charge in [0, 0.05) is 6.04 Å². The monoisotopic (exact) mass is 226 g/mol. The van der Waals surface area contributed by atoms with Crippen molar-refractivity contribution < 1.29 is 20.1 Å². The Bertz CT molecular complexity index is 406. The molecule has 1 aromatic carbocycles. The van der Waals surface area contributed by atoms with Crippen LogP contribution in [0.25, 0.3) is 0 Å². The predicted molar refractivity (Wildman–Crippen MR) is 57.1 cm³/mol. The van der Waals surface area contributed by atoms with Gasteiger partial charge in [0.15, 0.2) is 11.5 Å². The first kappa shape index (κ1) is 12.3. The molecule has 0 fully saturated rings. The highest BCUT2D eigenvalue weighted by Crippen LogP contribution is 2.31. The van der Waals surface area contributed by atoms with Crippen LogP contribution in [0.4, 0.5) is 0 Å². The van der Waals surface area contributed by atoms with Gasteiger partial charge < -0.3 is 26.8 Å². The third kappa shape index (κ3) is 2.41. The van der Waals surface area contributed by atoms with Crippen molar-refractivity contribution in [1.29, 1.82) is 0 Å². The van der Waals surface area contributed by atoms with E-state index in [4.69, 9.17) is 16.6 Å². The fourth-order valence-electron chi connectivity index (χ4n) is 1.41. The van der Waals surface area contributed by atoms with Crippen LogP contribution >= 0.6 is 0 Å². The van der Waals surface area contributed by atoms with Gasteiger partial charge in [-0.2, -0.15) is 0 Å². The smallest absolute Gasteiger partial charge is 0.252 e. The third-order valence-corrected chi connectivity index (χ3v) is 2.21. The van der Waals surface area contributed by atoms with Crippen LogP contribution in [-0.2, 0) is 6.42 Å². The van der Waals surface area contributed by atoms with Gasteiger partial charge in [0.1, 0.15) is 0 Å². The van der Waals surface area contributed by atoms with Crippen molar-refractivity contribution in [3.8, 4) is 11.5 Å². The highest BCUT2D eigenvalue weighted by atomic mass is 16.3. The van der Waals surface area contributed by atoms with Crippen molar-refractivity contribution in [1.82, 2.24) is 0 Å². The Balaban J connectivity index is 3.18. The molecule has 0 heterocycles. The number of aliphatic hydroxyl groups is 1. The minimum absolute atomic E-state index is 0.163. The van der Waals surface area contributed by atoms with Crippen molar-refractivity contribution in [2.24, 2.45) is 11.5 Å². The Morgan fingerprint density at radius 2 is 2.00 bits per heavy atom. The second kappa shape index (κ2) is 4.82. The standard InChI is InChI=1S/C10H14N2O4/c11-6(4-13)3-5-1-2-7(14)9(15)8(5)10(12)16/h1-2,6,13-15H,3-4,11H2,(H2,12,16)/t6-/m0/s1. The van der Waals surface area contributed by atoms with Crippen LogP contribution in [0, 0.1) is 0 Å². The number of phenols is 2. The first-order valence-electron chi connectivity index (χ1n) is 4.67. The summed E-state index contributed by atoms with van der Waals surface area (Å²) in [7, 11) is 0. The summed E-state index contributed by atoms with van der Waals surface area (Å²) in [5.74, 6) is -1.83. The quantitative estimate of drug-likeness (QED) is 0.423. The fraction of sp³-hybridized carbons (Fsp3) is 0.300. The number of hydrogen-bond donors (Lipinski definition) is 5. The van der Waals surface area contributed by atoms with Gasteiger partial charge in [-0.3, -0.25) is 4.79 Å². The number of carbonyl (C=O) groups is 1. The molecule has 16 heavy (non-hydrogen) atoms. The lowest BCUT2D eigenvalue weighted by Gasteiger charge is -2.13. The van der Waals surface area contributed by atoms with Crippen molar-refractivity contribution in [2.45, 2.75) is 12.5 Å². The maximum atomic E-state index is 11.1. The van der Waals surface area contributed by atoms with Crippen LogP contribution < -0.4 is 11.5 Å². The van der Waals surface area contributed by atoms with E-state index in [0.717, 1.165) is 0 Å². The molecular formula is C10H14N2O4. The van der Waals surface area contributed by atoms with Gasteiger partial charge in [-0.25, -0.2) is 0 Å². The molecule has 7 N–H and O–H groups in total. The number of phenolic OH excluding ortho intramolecular Hbond substituents is 1. The van der Waals surface area contributed by atoms with Crippen LogP contribution in [0.5, 0.6) is 11.5 Å². The fourth-order valence-corrected chi connectivity index (χ4v) is 1.41. The van der Waals surface area contributed by atoms with E-state index in [0.29, 0.717) is 5.56 Å². The van der Waals surface area contributed by atoms with Gasteiger partial charge in [-0.05, 0) is 18.1 Å². The highest BCUT2D eigenvalue weighted by molar-refractivity contribution is 5.98. The molecule has 0 spiro atoms. The number of amides is 1. The van der Waals surface area contributed by atoms with Gasteiger partial charge in [0.25, 0.3) is 5.91 Å². The van der Waals surface area contributed by atoms with Crippen molar-refractivity contribution >= 4 is 5.91 Å². The van der Waals surface area contributed by atoms with Gasteiger partial charge in [0.05, 0.1) is 12.2 Å². The number of nitrogens with two attached hydrogens (primary N) is 2. The molecule has 0 aliphatic carbocycles. The van der Waals surface area contributed by atoms with Gasteiger partial charge in [0.2, 0.25) is 0 Å². The van der Waals surface area contributed by atoms with Crippen LogP contribution in [0.15, 0.2) is 12.1 Å². The molecule has 0 saturated carbocycles. The minimum Gasteiger partial charge on any atom is -0.504 e. The highest BCUT2D eigenvalue weighted by Gasteiger charge is 2.18. The van der Waals surface area contributed by atoms with E-state index < -0.39 is 23.4 Å². The molecule has 6 nitrogen and oxygen atoms in total. The molecule has 6 heteroatoms. The Hall–Kier alpha value is -1.79. The van der Waals surface area contributed by atoms with E-state index in [1.165, 1.54) is 12.1 Å². The average molecular weight is 226 g/mol. The number of carbonyl (C=O) groups excluding carboxylic acids is 1. The normalized spacial score (nSPS) is 12.4. The summed E-state index contributed by atoms with van der Waals surface area (Å²) in [6.45, 7) is -0.250. The molecule has 1 amide bonds. The molecule has 0 aromatic heterocycles. The van der Waals surface area contributed by atoms with Crippen molar-refractivity contribution in [2.75, 3.05) is 6.61 Å². The third-order valence-electron chi connectivity index (χ3n) is 2.21. The molecule has 0 radical (unpaired) electrons. The van der Waals surface area contributed by atoms with E-state index in [2.05, 4.69) is 0 Å². The molecule has 88 valence electrons. The van der Waals surface area contributed by atoms with E-state index in [1.807, 2.05) is 0 Å². The van der Waals surface area contributed by atoms with Gasteiger partial charge in [-0.15, -0.1) is 0 Å². The first-order valence-corrected chi connectivity index (χ1v) is 4.67. The molecule has 1 atom stereocenters. The van der Waals surface area contributed by atoms with Crippen molar-refractivity contribution in [3.05, 3.63) is 23.3 Å². The maximum absolute atomic E-state index is 11.1.